The quantitative estimate of drug-likeness (QED) is 0.749. The molecule has 4 N–H and O–H groups in total. The third-order valence-corrected chi connectivity index (χ3v) is 4.57. The number of nitrogens with zero attached hydrogens (tertiary/aromatic N) is 1. The summed E-state index contributed by atoms with van der Waals surface area (Å²) in [6, 6.07) is 5.45. The van der Waals surface area contributed by atoms with E-state index in [4.69, 9.17) is 10.5 Å². The summed E-state index contributed by atoms with van der Waals surface area (Å²) in [6.45, 7) is 4.19. The molecule has 3 rings (SSSR count). The Kier molecular flexibility index (Phi) is 3.13. The van der Waals surface area contributed by atoms with Crippen LogP contribution < -0.4 is 11.1 Å². The zero-order chi connectivity index (χ0) is 15.2. The van der Waals surface area contributed by atoms with Crippen LogP contribution in [0.1, 0.15) is 30.8 Å². The Hall–Kier alpha value is -2.08. The molecule has 2 atom stereocenters. The molecule has 21 heavy (non-hydrogen) atoms. The van der Waals surface area contributed by atoms with Crippen LogP contribution >= 0.6 is 0 Å². The molecule has 0 radical (unpaired) electrons. The van der Waals surface area contributed by atoms with E-state index in [1.165, 1.54) is 0 Å². The summed E-state index contributed by atoms with van der Waals surface area (Å²) in [5.74, 6) is -0.181. The first-order valence-electron chi connectivity index (χ1n) is 7.00. The molecule has 0 saturated heterocycles. The second kappa shape index (κ2) is 4.73. The molecule has 2 aromatic rings. The second-order valence-electron chi connectivity index (χ2n) is 6.18. The highest BCUT2D eigenvalue weighted by molar-refractivity contribution is 6.05. The van der Waals surface area contributed by atoms with Crippen molar-refractivity contribution in [3.05, 3.63) is 23.9 Å². The largest absolute Gasteiger partial charge is 0.399 e. The van der Waals surface area contributed by atoms with Crippen LogP contribution in [0.25, 0.3) is 10.9 Å². The molecule has 6 heteroatoms. The molecule has 2 unspecified atom stereocenters. The molecule has 112 valence electrons. The Balaban J connectivity index is 1.81. The maximum absolute atomic E-state index is 12.4. The Morgan fingerprint density at radius 3 is 2.95 bits per heavy atom. The molecule has 1 aromatic carbocycles. The summed E-state index contributed by atoms with van der Waals surface area (Å²) in [5, 5.41) is 10.8. The van der Waals surface area contributed by atoms with E-state index in [0.717, 1.165) is 17.3 Å². The summed E-state index contributed by atoms with van der Waals surface area (Å²) in [6.07, 6.45) is 0.995. The van der Waals surface area contributed by atoms with E-state index < -0.39 is 0 Å². The molecule has 1 saturated carbocycles. The van der Waals surface area contributed by atoms with E-state index in [0.29, 0.717) is 11.4 Å². The number of nitrogens with one attached hydrogen (secondary N) is 2. The van der Waals surface area contributed by atoms with E-state index in [1.807, 2.05) is 6.07 Å². The second-order valence-corrected chi connectivity index (χ2v) is 6.18. The number of carbonyl (C=O) groups excluding carboxylic acids is 1. The first kappa shape index (κ1) is 13.9. The zero-order valence-electron chi connectivity index (χ0n) is 12.4. The summed E-state index contributed by atoms with van der Waals surface area (Å²) in [7, 11) is 1.70. The van der Waals surface area contributed by atoms with Crippen LogP contribution in [0.3, 0.4) is 0 Å². The van der Waals surface area contributed by atoms with Gasteiger partial charge in [-0.05, 0) is 24.6 Å². The lowest BCUT2D eigenvalue weighted by Gasteiger charge is -2.51. The van der Waals surface area contributed by atoms with Gasteiger partial charge in [-0.1, -0.05) is 13.8 Å². The SMILES string of the molecule is COC1CC(NC(=O)c2n[nH]c3ccc(N)cc23)C1(C)C. The van der Waals surface area contributed by atoms with Crippen molar-refractivity contribution in [2.75, 3.05) is 12.8 Å². The van der Waals surface area contributed by atoms with Gasteiger partial charge in [0, 0.05) is 29.6 Å². The number of H-pyrrole nitrogens is 1. The number of rotatable bonds is 3. The average molecular weight is 288 g/mol. The van der Waals surface area contributed by atoms with Crippen LogP contribution in [0.4, 0.5) is 5.69 Å². The molecule has 6 nitrogen and oxygen atoms in total. The summed E-state index contributed by atoms with van der Waals surface area (Å²) >= 11 is 0. The minimum absolute atomic E-state index is 0.0739. The highest BCUT2D eigenvalue weighted by Gasteiger charge is 2.49. The van der Waals surface area contributed by atoms with Gasteiger partial charge in [-0.3, -0.25) is 9.89 Å². The summed E-state index contributed by atoms with van der Waals surface area (Å²) in [5.41, 5.74) is 7.50. The minimum Gasteiger partial charge on any atom is -0.399 e. The number of amides is 1. The molecule has 0 aliphatic heterocycles. The molecule has 1 amide bonds. The van der Waals surface area contributed by atoms with Gasteiger partial charge in [0.2, 0.25) is 0 Å². The van der Waals surface area contributed by atoms with E-state index in [9.17, 15) is 4.79 Å². The highest BCUT2D eigenvalue weighted by Crippen LogP contribution is 2.42. The standard InChI is InChI=1S/C15H20N4O2/c1-15(2)11(7-12(15)21-3)17-14(20)13-9-6-8(16)4-5-10(9)18-19-13/h4-6,11-12H,7,16H2,1-3H3,(H,17,20)(H,18,19). The Morgan fingerprint density at radius 1 is 1.52 bits per heavy atom. The van der Waals surface area contributed by atoms with Gasteiger partial charge in [0.15, 0.2) is 5.69 Å². The lowest BCUT2D eigenvalue weighted by atomic mass is 9.64. The lowest BCUT2D eigenvalue weighted by molar-refractivity contribution is -0.0942. The molecule has 1 heterocycles. The van der Waals surface area contributed by atoms with Crippen LogP contribution in [-0.2, 0) is 4.74 Å². The predicted octanol–water partition coefficient (Wildman–Crippen LogP) is 1.69. The number of anilines is 1. The van der Waals surface area contributed by atoms with Gasteiger partial charge in [-0.15, -0.1) is 0 Å². The van der Waals surface area contributed by atoms with E-state index >= 15 is 0 Å². The first-order valence-corrected chi connectivity index (χ1v) is 7.00. The number of nitrogen functional groups attached to an aromatic ring is 1. The van der Waals surface area contributed by atoms with Gasteiger partial charge < -0.3 is 15.8 Å². The van der Waals surface area contributed by atoms with Gasteiger partial charge in [0.25, 0.3) is 5.91 Å². The third kappa shape index (κ3) is 2.15. The molecular weight excluding hydrogens is 268 g/mol. The van der Waals surface area contributed by atoms with Gasteiger partial charge in [-0.25, -0.2) is 0 Å². The van der Waals surface area contributed by atoms with Gasteiger partial charge in [0.05, 0.1) is 11.6 Å². The number of fused-ring (bicyclic) bond motifs is 1. The topological polar surface area (TPSA) is 93.0 Å². The highest BCUT2D eigenvalue weighted by atomic mass is 16.5. The molecule has 1 aliphatic carbocycles. The van der Waals surface area contributed by atoms with Crippen LogP contribution in [0.5, 0.6) is 0 Å². The number of hydrogen-bond acceptors (Lipinski definition) is 4. The van der Waals surface area contributed by atoms with Crippen LogP contribution in [-0.4, -0.2) is 35.4 Å². The Morgan fingerprint density at radius 2 is 2.29 bits per heavy atom. The number of aromatic nitrogens is 2. The maximum atomic E-state index is 12.4. The first-order chi connectivity index (χ1) is 9.93. The average Bonchev–Trinajstić information content (AvgIpc) is 2.85. The Bertz CT molecular complexity index is 692. The smallest absolute Gasteiger partial charge is 0.272 e. The van der Waals surface area contributed by atoms with Gasteiger partial charge >= 0.3 is 0 Å². The van der Waals surface area contributed by atoms with Crippen LogP contribution in [0.2, 0.25) is 0 Å². The van der Waals surface area contributed by atoms with Crippen molar-refractivity contribution >= 4 is 22.5 Å². The third-order valence-electron chi connectivity index (χ3n) is 4.57. The number of nitrogens with two attached hydrogens (primary N) is 1. The van der Waals surface area contributed by atoms with E-state index in [2.05, 4.69) is 29.4 Å². The number of methoxy groups -OCH3 is 1. The van der Waals surface area contributed by atoms with Crippen molar-refractivity contribution in [3.63, 3.8) is 0 Å². The normalized spacial score (nSPS) is 23.8. The van der Waals surface area contributed by atoms with Crippen molar-refractivity contribution in [1.29, 1.82) is 0 Å². The molecule has 0 bridgehead atoms. The molecule has 1 aliphatic rings. The van der Waals surface area contributed by atoms with Crippen molar-refractivity contribution < 1.29 is 9.53 Å². The lowest BCUT2D eigenvalue weighted by Crippen LogP contribution is -2.61. The number of benzene rings is 1. The fourth-order valence-electron chi connectivity index (χ4n) is 2.96. The fourth-order valence-corrected chi connectivity index (χ4v) is 2.96. The van der Waals surface area contributed by atoms with Crippen molar-refractivity contribution in [1.82, 2.24) is 15.5 Å². The molecular formula is C15H20N4O2. The molecule has 1 aromatic heterocycles. The van der Waals surface area contributed by atoms with Crippen molar-refractivity contribution in [2.45, 2.75) is 32.4 Å². The number of carbonyl (C=O) groups is 1. The summed E-state index contributed by atoms with van der Waals surface area (Å²) in [4.78, 5) is 12.4. The fraction of sp³-hybridized carbons (Fsp3) is 0.467. The van der Waals surface area contributed by atoms with Crippen molar-refractivity contribution in [2.24, 2.45) is 5.41 Å². The van der Waals surface area contributed by atoms with Crippen LogP contribution in [0, 0.1) is 5.41 Å². The summed E-state index contributed by atoms with van der Waals surface area (Å²) < 4.78 is 5.40. The molecule has 0 spiro atoms. The Labute approximate surface area is 123 Å². The zero-order valence-corrected chi connectivity index (χ0v) is 12.4. The van der Waals surface area contributed by atoms with Gasteiger partial charge in [-0.2, -0.15) is 5.10 Å². The van der Waals surface area contributed by atoms with E-state index in [1.54, 1.807) is 19.2 Å². The number of hydrogen-bond donors (Lipinski definition) is 3. The predicted molar refractivity (Wildman–Crippen MR) is 81.0 cm³/mol. The van der Waals surface area contributed by atoms with Gasteiger partial charge in [0.1, 0.15) is 0 Å². The minimum atomic E-state index is -0.181. The van der Waals surface area contributed by atoms with Crippen LogP contribution in [0.15, 0.2) is 18.2 Å². The number of aromatic amines is 1. The maximum Gasteiger partial charge on any atom is 0.272 e. The molecule has 1 fully saturated rings. The van der Waals surface area contributed by atoms with E-state index in [-0.39, 0.29) is 23.5 Å². The van der Waals surface area contributed by atoms with Crippen molar-refractivity contribution in [3.8, 4) is 0 Å². The number of ether oxygens (including phenoxy) is 1. The monoisotopic (exact) mass is 288 g/mol.